The van der Waals surface area contributed by atoms with Crippen LogP contribution in [0.4, 0.5) is 0 Å². The third kappa shape index (κ3) is 4.35. The van der Waals surface area contributed by atoms with Gasteiger partial charge in [0.05, 0.1) is 26.4 Å². The summed E-state index contributed by atoms with van der Waals surface area (Å²) in [7, 11) is 2.17. The van der Waals surface area contributed by atoms with Gasteiger partial charge in [-0.25, -0.2) is 19.6 Å². The second-order valence-corrected chi connectivity index (χ2v) is 6.29. The van der Waals surface area contributed by atoms with Gasteiger partial charge in [0.2, 0.25) is 5.96 Å². The molecule has 0 saturated carbocycles. The van der Waals surface area contributed by atoms with E-state index in [2.05, 4.69) is 67.5 Å². The summed E-state index contributed by atoms with van der Waals surface area (Å²) in [5.74, 6) is 2.17. The summed E-state index contributed by atoms with van der Waals surface area (Å²) < 4.78 is 4.72. The van der Waals surface area contributed by atoms with Crippen LogP contribution in [0.3, 0.4) is 0 Å². The van der Waals surface area contributed by atoms with Gasteiger partial charge in [-0.1, -0.05) is 12.1 Å². The van der Waals surface area contributed by atoms with Gasteiger partial charge in [-0.3, -0.25) is 0 Å². The minimum Gasteiger partial charge on any atom is -1.00 e. The van der Waals surface area contributed by atoms with Gasteiger partial charge in [0.1, 0.15) is 6.20 Å². The molecule has 0 fully saturated rings. The molecule has 1 aromatic heterocycles. The van der Waals surface area contributed by atoms with Crippen molar-refractivity contribution >= 4 is 29.2 Å². The third-order valence-electron chi connectivity index (χ3n) is 4.67. The highest BCUT2D eigenvalue weighted by Crippen LogP contribution is 2.21. The smallest absolute Gasteiger partial charge is 0.256 e. The van der Waals surface area contributed by atoms with Gasteiger partial charge < -0.3 is 22.3 Å². The Morgan fingerprint density at radius 1 is 1.27 bits per heavy atom. The van der Waals surface area contributed by atoms with Crippen LogP contribution in [0.1, 0.15) is 24.2 Å². The molecule has 2 N–H and O–H groups in total. The molecule has 0 radical (unpaired) electrons. The zero-order valence-corrected chi connectivity index (χ0v) is 18.1. The summed E-state index contributed by atoms with van der Waals surface area (Å²) in [5, 5.41) is 7.34. The highest BCUT2D eigenvalue weighted by Gasteiger charge is 2.23. The minimum atomic E-state index is 0. The van der Waals surface area contributed by atoms with Gasteiger partial charge in [0, 0.05) is 18.5 Å². The summed E-state index contributed by atoms with van der Waals surface area (Å²) in [6.45, 7) is 2.83. The van der Waals surface area contributed by atoms with E-state index in [0.717, 1.165) is 31.2 Å². The first-order valence-corrected chi connectivity index (χ1v) is 8.57. The normalized spacial score (nSPS) is 15.5. The molecule has 26 heavy (non-hydrogen) atoms. The van der Waals surface area contributed by atoms with Crippen molar-refractivity contribution in [3.8, 4) is 11.3 Å². The van der Waals surface area contributed by atoms with E-state index in [4.69, 9.17) is 0 Å². The van der Waals surface area contributed by atoms with E-state index >= 15 is 0 Å². The number of guanidine groups is 1. The van der Waals surface area contributed by atoms with Crippen LogP contribution in [-0.4, -0.2) is 29.8 Å². The lowest BCUT2D eigenvalue weighted by Gasteiger charge is -2.07. The molecule has 2 aliphatic heterocycles. The molecule has 2 aromatic rings. The van der Waals surface area contributed by atoms with Crippen molar-refractivity contribution in [3.63, 3.8) is 0 Å². The maximum atomic E-state index is 4.24. The van der Waals surface area contributed by atoms with E-state index in [-0.39, 0.29) is 34.0 Å². The van der Waals surface area contributed by atoms with Crippen LogP contribution in [0.2, 0.25) is 0 Å². The predicted octanol–water partition coefficient (Wildman–Crippen LogP) is -1.22. The van der Waals surface area contributed by atoms with Gasteiger partial charge in [0.15, 0.2) is 5.69 Å². The number of aryl methyl sites for hydroxylation is 1. The lowest BCUT2D eigenvalue weighted by atomic mass is 10.1. The fourth-order valence-corrected chi connectivity index (χ4v) is 3.36. The van der Waals surface area contributed by atoms with Gasteiger partial charge >= 0.3 is 0 Å². The summed E-state index contributed by atoms with van der Waals surface area (Å²) in [6, 6.07) is 8.52. The third-order valence-corrected chi connectivity index (χ3v) is 4.67. The van der Waals surface area contributed by atoms with Crippen LogP contribution in [-0.2, 0) is 20.0 Å². The van der Waals surface area contributed by atoms with E-state index in [0.29, 0.717) is 0 Å². The fraction of sp³-hybridized carbons (Fsp3) is 0.389. The summed E-state index contributed by atoms with van der Waals surface area (Å²) in [5.41, 5.74) is 6.50. The highest BCUT2D eigenvalue weighted by molar-refractivity contribution is 8.93. The first-order valence-electron chi connectivity index (χ1n) is 8.57. The van der Waals surface area contributed by atoms with Crippen LogP contribution in [0, 0.1) is 0 Å². The fourth-order valence-electron chi connectivity index (χ4n) is 3.36. The Labute approximate surface area is 174 Å². The molecule has 2 aliphatic rings. The average molecular weight is 484 g/mol. The Hall–Kier alpha value is -1.67. The molecule has 4 rings (SSSR count). The van der Waals surface area contributed by atoms with Crippen molar-refractivity contribution in [2.24, 2.45) is 17.1 Å². The topological polar surface area (TPSA) is 57.6 Å². The van der Waals surface area contributed by atoms with E-state index < -0.39 is 0 Å². The first kappa shape index (κ1) is 20.6. The van der Waals surface area contributed by atoms with Crippen molar-refractivity contribution in [2.45, 2.75) is 25.8 Å². The molecule has 8 heteroatoms. The maximum absolute atomic E-state index is 4.24. The lowest BCUT2D eigenvalue weighted by molar-refractivity contribution is -0.708. The minimum absolute atomic E-state index is 0. The largest absolute Gasteiger partial charge is 1.00 e. The van der Waals surface area contributed by atoms with E-state index in [1.807, 2.05) is 6.21 Å². The second kappa shape index (κ2) is 9.32. The Balaban J connectivity index is 0.00000121. The van der Waals surface area contributed by atoms with Gasteiger partial charge in [-0.05, 0) is 30.5 Å². The number of nitrogens with zero attached hydrogens (tertiary/aromatic N) is 4. The number of fused-ring (bicyclic) bond motifs is 1. The molecule has 0 saturated heterocycles. The maximum Gasteiger partial charge on any atom is 0.256 e. The van der Waals surface area contributed by atoms with Gasteiger partial charge in [-0.2, -0.15) is 5.10 Å². The van der Waals surface area contributed by atoms with E-state index in [1.54, 1.807) is 0 Å². The zero-order valence-electron chi connectivity index (χ0n) is 14.8. The number of aliphatic imine (C=N–C) groups is 1. The Morgan fingerprint density at radius 3 is 2.77 bits per heavy atom. The van der Waals surface area contributed by atoms with Crippen LogP contribution >= 0.6 is 17.0 Å². The van der Waals surface area contributed by atoms with Crippen molar-refractivity contribution in [3.05, 3.63) is 41.9 Å². The zero-order chi connectivity index (χ0) is 16.4. The van der Waals surface area contributed by atoms with E-state index in [9.17, 15) is 0 Å². The Kier molecular flexibility index (Phi) is 7.40. The molecule has 0 atom stereocenters. The predicted molar refractivity (Wildman–Crippen MR) is 105 cm³/mol. The monoisotopic (exact) mass is 482 g/mol. The Bertz CT molecular complexity index is 795. The van der Waals surface area contributed by atoms with Crippen LogP contribution < -0.4 is 32.3 Å². The molecule has 0 unspecified atom stereocenters. The van der Waals surface area contributed by atoms with Gasteiger partial charge in [-0.15, -0.1) is 17.0 Å². The van der Waals surface area contributed by atoms with Crippen LogP contribution in [0.5, 0.6) is 0 Å². The number of halogens is 2. The number of hydrogen-bond donors (Lipinski definition) is 2. The first-order chi connectivity index (χ1) is 11.8. The molecule has 0 amide bonds. The number of hydrazone groups is 1. The number of nitrogens with one attached hydrogen (secondary N) is 2. The van der Waals surface area contributed by atoms with Crippen molar-refractivity contribution in [1.82, 2.24) is 15.3 Å². The lowest BCUT2D eigenvalue weighted by Crippen LogP contribution is -3.00. The molecule has 0 bridgehead atoms. The van der Waals surface area contributed by atoms with Crippen LogP contribution in [0.25, 0.3) is 11.3 Å². The Morgan fingerprint density at radius 2 is 2.08 bits per heavy atom. The van der Waals surface area contributed by atoms with Crippen molar-refractivity contribution in [2.75, 3.05) is 13.1 Å². The molecule has 140 valence electrons. The highest BCUT2D eigenvalue weighted by atomic mass is 79.9. The molecular weight excluding hydrogens is 460 g/mol. The molecular formula is C18H24Br2N6. The van der Waals surface area contributed by atoms with Crippen LogP contribution in [0.15, 0.2) is 40.6 Å². The average Bonchev–Trinajstić information content (AvgIpc) is 3.24. The van der Waals surface area contributed by atoms with E-state index in [1.165, 1.54) is 36.3 Å². The molecule has 0 spiro atoms. The number of benzene rings is 1. The SMILES string of the molecule is Br.Cn1c(-c2ccc(/C=N/NC3=NCCN3)cc2)c[n+]2c1CCCC2.[Br-]. The number of hydrogen-bond acceptors (Lipinski definition) is 4. The molecule has 6 nitrogen and oxygen atoms in total. The standard InChI is InChI=1S/C18H23N6.2BrH/c1-23-16(13-24-11-3-2-4-17(23)24)15-7-5-14(6-8-15)12-21-22-18-19-9-10-20-18;;/h5-8,12-13H,2-4,9-11H2,1H3,(H2,19,20,22);2*1H/q+1;;/p-1/b21-12+;;. The summed E-state index contributed by atoms with van der Waals surface area (Å²) >= 11 is 0. The second-order valence-electron chi connectivity index (χ2n) is 6.29. The molecule has 3 heterocycles. The summed E-state index contributed by atoms with van der Waals surface area (Å²) in [6.07, 6.45) is 7.84. The van der Waals surface area contributed by atoms with Crippen molar-refractivity contribution in [1.29, 1.82) is 0 Å². The number of imidazole rings is 1. The number of aromatic nitrogens is 2. The summed E-state index contributed by atoms with van der Waals surface area (Å²) in [4.78, 5) is 4.24. The van der Waals surface area contributed by atoms with Gasteiger partial charge in [0.25, 0.3) is 5.82 Å². The number of rotatable bonds is 3. The quantitative estimate of drug-likeness (QED) is 0.326. The molecule has 1 aromatic carbocycles. The van der Waals surface area contributed by atoms with Crippen molar-refractivity contribution < 1.29 is 21.5 Å². The molecule has 0 aliphatic carbocycles.